The van der Waals surface area contributed by atoms with Crippen molar-refractivity contribution in [3.8, 4) is 17.2 Å². The molecule has 1 aromatic carbocycles. The van der Waals surface area contributed by atoms with Crippen LogP contribution in [0.1, 0.15) is 25.3 Å². The molecule has 7 nitrogen and oxygen atoms in total. The minimum Gasteiger partial charge on any atom is -0.496 e. The molecule has 0 aliphatic heterocycles. The van der Waals surface area contributed by atoms with Gasteiger partial charge in [-0.1, -0.05) is 0 Å². The quantitative estimate of drug-likeness (QED) is 0.397. The van der Waals surface area contributed by atoms with Crippen LogP contribution in [-0.2, 0) is 9.53 Å². The third-order valence-electron chi connectivity index (χ3n) is 3.15. The van der Waals surface area contributed by atoms with Gasteiger partial charge < -0.3 is 24.7 Å². The van der Waals surface area contributed by atoms with E-state index in [0.29, 0.717) is 43.2 Å². The lowest BCUT2D eigenvalue weighted by Gasteiger charge is -2.13. The minimum absolute atomic E-state index is 0.0179. The van der Waals surface area contributed by atoms with Crippen LogP contribution in [0, 0.1) is 0 Å². The summed E-state index contributed by atoms with van der Waals surface area (Å²) < 4.78 is 21.0. The van der Waals surface area contributed by atoms with Crippen LogP contribution in [0.5, 0.6) is 17.2 Å². The molecule has 0 saturated heterocycles. The third-order valence-corrected chi connectivity index (χ3v) is 3.15. The molecule has 7 heteroatoms. The highest BCUT2D eigenvalue weighted by Gasteiger charge is 2.12. The van der Waals surface area contributed by atoms with Crippen molar-refractivity contribution in [2.24, 2.45) is 10.7 Å². The Morgan fingerprint density at radius 1 is 1.25 bits per heavy atom. The van der Waals surface area contributed by atoms with Crippen LogP contribution >= 0.6 is 0 Å². The summed E-state index contributed by atoms with van der Waals surface area (Å²) in [6.07, 6.45) is 2.56. The zero-order valence-corrected chi connectivity index (χ0v) is 14.7. The van der Waals surface area contributed by atoms with E-state index in [0.717, 1.165) is 5.56 Å². The van der Waals surface area contributed by atoms with Gasteiger partial charge in [0.2, 0.25) is 0 Å². The lowest BCUT2D eigenvalue weighted by molar-refractivity contribution is -0.140. The number of aliphatic imine (C=N–C) groups is 1. The van der Waals surface area contributed by atoms with E-state index in [-0.39, 0.29) is 12.0 Å². The summed E-state index contributed by atoms with van der Waals surface area (Å²) in [7, 11) is 4.50. The highest BCUT2D eigenvalue weighted by molar-refractivity contribution is 5.88. The Morgan fingerprint density at radius 3 is 2.38 bits per heavy atom. The molecule has 0 bridgehead atoms. The van der Waals surface area contributed by atoms with Crippen molar-refractivity contribution in [1.29, 1.82) is 0 Å². The number of nitrogens with zero attached hydrogens (tertiary/aromatic N) is 1. The van der Waals surface area contributed by atoms with Gasteiger partial charge >= 0.3 is 5.97 Å². The second kappa shape index (κ2) is 10.5. The summed E-state index contributed by atoms with van der Waals surface area (Å²) >= 11 is 0. The van der Waals surface area contributed by atoms with Crippen LogP contribution in [0.25, 0.3) is 0 Å². The monoisotopic (exact) mass is 338 g/mol. The molecule has 0 fully saturated rings. The van der Waals surface area contributed by atoms with Crippen LogP contribution in [0.15, 0.2) is 17.1 Å². The largest absolute Gasteiger partial charge is 0.496 e. The molecule has 1 unspecified atom stereocenters. The molecule has 0 spiro atoms. The molecule has 24 heavy (non-hydrogen) atoms. The maximum absolute atomic E-state index is 11.1. The molecule has 0 aromatic heterocycles. The summed E-state index contributed by atoms with van der Waals surface area (Å²) in [4.78, 5) is 15.4. The fraction of sp³-hybridized carbons (Fsp3) is 0.529. The summed E-state index contributed by atoms with van der Waals surface area (Å²) in [5.74, 6) is 1.52. The number of benzene rings is 1. The topological polar surface area (TPSA) is 92.4 Å². The fourth-order valence-electron chi connectivity index (χ4n) is 1.94. The van der Waals surface area contributed by atoms with Crippen molar-refractivity contribution in [2.45, 2.75) is 25.8 Å². The first kappa shape index (κ1) is 19.8. The second-order valence-corrected chi connectivity index (χ2v) is 5.24. The molecule has 0 saturated carbocycles. The minimum atomic E-state index is -0.255. The molecule has 0 heterocycles. The van der Waals surface area contributed by atoms with Crippen molar-refractivity contribution in [3.05, 3.63) is 17.7 Å². The first-order valence-electron chi connectivity index (χ1n) is 7.72. The van der Waals surface area contributed by atoms with E-state index in [1.807, 2.05) is 6.92 Å². The Balaban J connectivity index is 2.82. The lowest BCUT2D eigenvalue weighted by atomic mass is 10.1. The Labute approximate surface area is 142 Å². The van der Waals surface area contributed by atoms with Gasteiger partial charge in [0.15, 0.2) is 0 Å². The molecule has 1 rings (SSSR count). The molecule has 0 amide bonds. The fourth-order valence-corrected chi connectivity index (χ4v) is 1.94. The molecule has 0 radical (unpaired) electrons. The Kier molecular flexibility index (Phi) is 8.64. The standard InChI is InChI=1S/C17H26N2O5/c1-12(18)10-19-11-14-15(21-2)8-13(9-16(14)22-3)24-7-5-6-17(20)23-4/h8-9,11-12H,5-7,10,18H2,1-4H3. The van der Waals surface area contributed by atoms with Gasteiger partial charge in [-0.25, -0.2) is 0 Å². The molecule has 1 atom stereocenters. The van der Waals surface area contributed by atoms with Crippen molar-refractivity contribution < 1.29 is 23.7 Å². The van der Waals surface area contributed by atoms with Crippen LogP contribution in [0.4, 0.5) is 0 Å². The van der Waals surface area contributed by atoms with Crippen molar-refractivity contribution in [2.75, 3.05) is 34.5 Å². The van der Waals surface area contributed by atoms with Gasteiger partial charge in [-0.05, 0) is 13.3 Å². The van der Waals surface area contributed by atoms with E-state index in [4.69, 9.17) is 19.9 Å². The van der Waals surface area contributed by atoms with Gasteiger partial charge in [0, 0.05) is 30.8 Å². The number of ether oxygens (including phenoxy) is 4. The highest BCUT2D eigenvalue weighted by Crippen LogP contribution is 2.33. The van der Waals surface area contributed by atoms with Crippen molar-refractivity contribution in [1.82, 2.24) is 0 Å². The van der Waals surface area contributed by atoms with Gasteiger partial charge in [0.05, 0.1) is 40.0 Å². The van der Waals surface area contributed by atoms with Gasteiger partial charge in [-0.3, -0.25) is 9.79 Å². The number of carbonyl (C=O) groups excluding carboxylic acids is 1. The number of hydrogen-bond acceptors (Lipinski definition) is 7. The lowest BCUT2D eigenvalue weighted by Crippen LogP contribution is -2.18. The smallest absolute Gasteiger partial charge is 0.305 e. The van der Waals surface area contributed by atoms with E-state index in [9.17, 15) is 4.79 Å². The molecule has 0 aliphatic carbocycles. The van der Waals surface area contributed by atoms with Gasteiger partial charge in [0.1, 0.15) is 17.2 Å². The summed E-state index contributed by atoms with van der Waals surface area (Å²) in [5.41, 5.74) is 6.42. The number of rotatable bonds is 10. The average molecular weight is 338 g/mol. The predicted molar refractivity (Wildman–Crippen MR) is 92.4 cm³/mol. The zero-order valence-electron chi connectivity index (χ0n) is 14.7. The van der Waals surface area contributed by atoms with Gasteiger partial charge in [-0.15, -0.1) is 0 Å². The van der Waals surface area contributed by atoms with E-state index < -0.39 is 0 Å². The van der Waals surface area contributed by atoms with Crippen LogP contribution in [0.2, 0.25) is 0 Å². The molecule has 2 N–H and O–H groups in total. The molecule has 134 valence electrons. The van der Waals surface area contributed by atoms with E-state index in [2.05, 4.69) is 9.73 Å². The van der Waals surface area contributed by atoms with Crippen molar-refractivity contribution >= 4 is 12.2 Å². The average Bonchev–Trinajstić information content (AvgIpc) is 2.58. The third kappa shape index (κ3) is 6.45. The Hall–Kier alpha value is -2.28. The zero-order chi connectivity index (χ0) is 17.9. The van der Waals surface area contributed by atoms with Crippen LogP contribution in [0.3, 0.4) is 0 Å². The van der Waals surface area contributed by atoms with E-state index in [1.165, 1.54) is 7.11 Å². The molecular formula is C17H26N2O5. The molecule has 0 aliphatic rings. The van der Waals surface area contributed by atoms with E-state index in [1.54, 1.807) is 32.6 Å². The summed E-state index contributed by atoms with van der Waals surface area (Å²) in [5, 5.41) is 0. The SMILES string of the molecule is COC(=O)CCCOc1cc(OC)c(C=NCC(C)N)c(OC)c1. The number of methoxy groups -OCH3 is 3. The first-order valence-corrected chi connectivity index (χ1v) is 7.72. The highest BCUT2D eigenvalue weighted by atomic mass is 16.5. The summed E-state index contributed by atoms with van der Waals surface area (Å²) in [6.45, 7) is 2.79. The van der Waals surface area contributed by atoms with Crippen LogP contribution in [-0.4, -0.2) is 52.7 Å². The Bertz CT molecular complexity index is 533. The maximum Gasteiger partial charge on any atom is 0.305 e. The molecule has 1 aromatic rings. The second-order valence-electron chi connectivity index (χ2n) is 5.24. The normalized spacial score (nSPS) is 12.0. The van der Waals surface area contributed by atoms with E-state index >= 15 is 0 Å². The number of esters is 1. The first-order chi connectivity index (χ1) is 11.5. The number of carbonyl (C=O) groups is 1. The van der Waals surface area contributed by atoms with Crippen molar-refractivity contribution in [3.63, 3.8) is 0 Å². The Morgan fingerprint density at radius 2 is 1.88 bits per heavy atom. The predicted octanol–water partition coefficient (Wildman–Crippen LogP) is 1.80. The number of nitrogens with two attached hydrogens (primary N) is 1. The number of hydrogen-bond donors (Lipinski definition) is 1. The maximum atomic E-state index is 11.1. The van der Waals surface area contributed by atoms with Crippen LogP contribution < -0.4 is 19.9 Å². The summed E-state index contributed by atoms with van der Waals surface area (Å²) in [6, 6.07) is 3.50. The van der Waals surface area contributed by atoms with Gasteiger partial charge in [0.25, 0.3) is 0 Å². The van der Waals surface area contributed by atoms with Gasteiger partial charge in [-0.2, -0.15) is 0 Å². The molecular weight excluding hydrogens is 312 g/mol.